The predicted octanol–water partition coefficient (Wildman–Crippen LogP) is 2.24. The summed E-state index contributed by atoms with van der Waals surface area (Å²) in [6.45, 7) is -0.144. The fraction of sp³-hybridized carbons (Fsp3) is 0.429. The van der Waals surface area contributed by atoms with Crippen LogP contribution < -0.4 is 10.1 Å². The normalized spacial score (nSPS) is 11.6. The number of benzene rings is 1. The molecule has 0 aliphatic heterocycles. The van der Waals surface area contributed by atoms with Crippen molar-refractivity contribution in [1.82, 2.24) is 5.32 Å². The summed E-state index contributed by atoms with van der Waals surface area (Å²) < 4.78 is 11.0. The Morgan fingerprint density at radius 2 is 2.00 bits per heavy atom. The Hall–Kier alpha value is -1.21. The van der Waals surface area contributed by atoms with Crippen LogP contribution in [0, 0.1) is 0 Å². The quantitative estimate of drug-likeness (QED) is 0.705. The molecule has 0 aliphatic rings. The number of carbonyl (C=O) groups excluding carboxylic acids is 2. The van der Waals surface area contributed by atoms with Gasteiger partial charge in [-0.3, -0.25) is 4.79 Å². The molecule has 1 rings (SSSR count). The number of rotatable bonds is 8. The zero-order valence-corrected chi connectivity index (χ0v) is 14.3. The van der Waals surface area contributed by atoms with E-state index >= 15 is 0 Å². The molecule has 1 atom stereocenters. The lowest BCUT2D eigenvalue weighted by Gasteiger charge is -2.16. The molecule has 0 saturated heterocycles. The fourth-order valence-electron chi connectivity index (χ4n) is 1.54. The van der Waals surface area contributed by atoms with Crippen LogP contribution in [0.2, 0.25) is 0 Å². The van der Waals surface area contributed by atoms with Gasteiger partial charge in [-0.1, -0.05) is 15.9 Å². The van der Waals surface area contributed by atoms with Crippen molar-refractivity contribution in [3.05, 3.63) is 28.7 Å². The summed E-state index contributed by atoms with van der Waals surface area (Å²) in [7, 11) is 1.30. The maximum Gasteiger partial charge on any atom is 0.328 e. The molecule has 116 valence electrons. The van der Waals surface area contributed by atoms with E-state index in [1.54, 1.807) is 23.9 Å². The van der Waals surface area contributed by atoms with Crippen molar-refractivity contribution in [3.63, 3.8) is 0 Å². The van der Waals surface area contributed by atoms with Gasteiger partial charge in [0.15, 0.2) is 6.61 Å². The topological polar surface area (TPSA) is 64.6 Å². The Balaban J connectivity index is 2.45. The molecule has 0 saturated carbocycles. The standard InChI is InChI=1S/C14H18BrNO4S/c1-19-14(18)12(7-8-21-2)16-13(17)9-20-11-5-3-10(15)4-6-11/h3-6,12H,7-9H2,1-2H3,(H,16,17)/t12-/m1/s1. The summed E-state index contributed by atoms with van der Waals surface area (Å²) in [5.74, 6) is 0.552. The summed E-state index contributed by atoms with van der Waals surface area (Å²) in [4.78, 5) is 23.4. The lowest BCUT2D eigenvalue weighted by atomic mass is 10.2. The van der Waals surface area contributed by atoms with Crippen molar-refractivity contribution in [2.24, 2.45) is 0 Å². The molecule has 0 fully saturated rings. The highest BCUT2D eigenvalue weighted by Gasteiger charge is 2.21. The molecule has 1 aromatic rings. The Morgan fingerprint density at radius 1 is 1.33 bits per heavy atom. The first-order valence-corrected chi connectivity index (χ1v) is 8.50. The van der Waals surface area contributed by atoms with E-state index in [0.717, 1.165) is 10.2 Å². The van der Waals surface area contributed by atoms with Crippen LogP contribution in [-0.2, 0) is 14.3 Å². The molecule has 1 amide bonds. The summed E-state index contributed by atoms with van der Waals surface area (Å²) >= 11 is 4.92. The monoisotopic (exact) mass is 375 g/mol. The largest absolute Gasteiger partial charge is 0.484 e. The van der Waals surface area contributed by atoms with Gasteiger partial charge in [0.25, 0.3) is 5.91 Å². The Bertz CT molecular complexity index is 467. The number of nitrogens with one attached hydrogen (secondary N) is 1. The zero-order valence-electron chi connectivity index (χ0n) is 11.9. The predicted molar refractivity (Wildman–Crippen MR) is 86.6 cm³/mol. The molecule has 0 unspecified atom stereocenters. The molecular formula is C14H18BrNO4S. The van der Waals surface area contributed by atoms with Gasteiger partial charge in [0.1, 0.15) is 11.8 Å². The van der Waals surface area contributed by atoms with E-state index in [1.807, 2.05) is 18.4 Å². The van der Waals surface area contributed by atoms with Crippen molar-refractivity contribution >= 4 is 39.6 Å². The number of esters is 1. The first-order chi connectivity index (χ1) is 10.1. The van der Waals surface area contributed by atoms with E-state index in [-0.39, 0.29) is 12.5 Å². The second kappa shape index (κ2) is 9.68. The highest BCUT2D eigenvalue weighted by Crippen LogP contribution is 2.15. The van der Waals surface area contributed by atoms with Gasteiger partial charge in [0.05, 0.1) is 7.11 Å². The Kier molecular flexibility index (Phi) is 8.22. The maximum atomic E-state index is 11.8. The Labute approximate surface area is 136 Å². The van der Waals surface area contributed by atoms with Crippen LogP contribution >= 0.6 is 27.7 Å². The van der Waals surface area contributed by atoms with E-state index in [0.29, 0.717) is 12.2 Å². The number of halogens is 1. The fourth-order valence-corrected chi connectivity index (χ4v) is 2.28. The number of methoxy groups -OCH3 is 1. The third-order valence-electron chi connectivity index (χ3n) is 2.62. The average Bonchev–Trinajstić information content (AvgIpc) is 2.50. The first-order valence-electron chi connectivity index (χ1n) is 6.31. The second-order valence-corrected chi connectivity index (χ2v) is 6.07. The van der Waals surface area contributed by atoms with Crippen LogP contribution in [0.1, 0.15) is 6.42 Å². The molecule has 0 spiro atoms. The number of hydrogen-bond donors (Lipinski definition) is 1. The van der Waals surface area contributed by atoms with Gasteiger partial charge in [-0.2, -0.15) is 11.8 Å². The van der Waals surface area contributed by atoms with Gasteiger partial charge in [-0.25, -0.2) is 4.79 Å². The number of hydrogen-bond acceptors (Lipinski definition) is 5. The van der Waals surface area contributed by atoms with Crippen molar-refractivity contribution in [3.8, 4) is 5.75 Å². The van der Waals surface area contributed by atoms with E-state index in [9.17, 15) is 9.59 Å². The summed E-state index contributed by atoms with van der Waals surface area (Å²) in [6.07, 6.45) is 2.46. The molecule has 1 N–H and O–H groups in total. The first kappa shape index (κ1) is 17.8. The van der Waals surface area contributed by atoms with Gasteiger partial charge in [-0.15, -0.1) is 0 Å². The maximum absolute atomic E-state index is 11.8. The number of thioether (sulfide) groups is 1. The van der Waals surface area contributed by atoms with Crippen LogP contribution in [0.5, 0.6) is 5.75 Å². The molecule has 0 heterocycles. The highest BCUT2D eigenvalue weighted by atomic mass is 79.9. The molecule has 7 heteroatoms. The summed E-state index contributed by atoms with van der Waals surface area (Å²) in [6, 6.07) is 6.51. The molecule has 0 bridgehead atoms. The van der Waals surface area contributed by atoms with Gasteiger partial charge in [0, 0.05) is 4.47 Å². The summed E-state index contributed by atoms with van der Waals surface area (Å²) in [5, 5.41) is 2.62. The molecule has 21 heavy (non-hydrogen) atoms. The average molecular weight is 376 g/mol. The number of carbonyl (C=O) groups is 2. The van der Waals surface area contributed by atoms with E-state index in [2.05, 4.69) is 26.0 Å². The lowest BCUT2D eigenvalue weighted by Crippen LogP contribution is -2.43. The smallest absolute Gasteiger partial charge is 0.328 e. The van der Waals surface area contributed by atoms with Gasteiger partial charge in [-0.05, 0) is 42.7 Å². The molecule has 1 aromatic carbocycles. The van der Waals surface area contributed by atoms with E-state index in [4.69, 9.17) is 4.74 Å². The van der Waals surface area contributed by atoms with E-state index in [1.165, 1.54) is 7.11 Å². The van der Waals surface area contributed by atoms with E-state index < -0.39 is 12.0 Å². The molecule has 0 aliphatic carbocycles. The molecule has 0 radical (unpaired) electrons. The highest BCUT2D eigenvalue weighted by molar-refractivity contribution is 9.10. The molecular weight excluding hydrogens is 358 g/mol. The minimum atomic E-state index is -0.636. The number of amides is 1. The lowest BCUT2D eigenvalue weighted by molar-refractivity contribution is -0.145. The Morgan fingerprint density at radius 3 is 2.57 bits per heavy atom. The summed E-state index contributed by atoms with van der Waals surface area (Å²) in [5.41, 5.74) is 0. The molecule has 0 aromatic heterocycles. The van der Waals surface area contributed by atoms with Gasteiger partial charge < -0.3 is 14.8 Å². The van der Waals surface area contributed by atoms with Crippen molar-refractivity contribution in [1.29, 1.82) is 0 Å². The number of ether oxygens (including phenoxy) is 2. The van der Waals surface area contributed by atoms with Gasteiger partial charge >= 0.3 is 5.97 Å². The second-order valence-electron chi connectivity index (χ2n) is 4.17. The third-order valence-corrected chi connectivity index (χ3v) is 3.79. The van der Waals surface area contributed by atoms with Crippen molar-refractivity contribution < 1.29 is 19.1 Å². The minimum Gasteiger partial charge on any atom is -0.484 e. The van der Waals surface area contributed by atoms with Crippen molar-refractivity contribution in [2.75, 3.05) is 25.7 Å². The van der Waals surface area contributed by atoms with Crippen molar-refractivity contribution in [2.45, 2.75) is 12.5 Å². The zero-order chi connectivity index (χ0) is 15.7. The third kappa shape index (κ3) is 6.86. The minimum absolute atomic E-state index is 0.144. The van der Waals surface area contributed by atoms with Crippen LogP contribution in [0.15, 0.2) is 28.7 Å². The van der Waals surface area contributed by atoms with Gasteiger partial charge in [0.2, 0.25) is 0 Å². The van der Waals surface area contributed by atoms with Crippen LogP contribution in [0.4, 0.5) is 0 Å². The SMILES string of the molecule is COC(=O)[C@@H](CCSC)NC(=O)COc1ccc(Br)cc1. The van der Waals surface area contributed by atoms with Crippen LogP contribution in [-0.4, -0.2) is 43.6 Å². The molecule has 5 nitrogen and oxygen atoms in total. The van der Waals surface area contributed by atoms with Crippen LogP contribution in [0.25, 0.3) is 0 Å². The van der Waals surface area contributed by atoms with Crippen LogP contribution in [0.3, 0.4) is 0 Å².